The molecule has 3 aliphatic heterocycles. The van der Waals surface area contributed by atoms with Crippen LogP contribution in [0, 0.1) is 11.8 Å². The van der Waals surface area contributed by atoms with Gasteiger partial charge in [-0.25, -0.2) is 0 Å². The number of fused-ring (bicyclic) bond motifs is 4. The van der Waals surface area contributed by atoms with Crippen LogP contribution in [0.25, 0.3) is 0 Å². The molecule has 27 heavy (non-hydrogen) atoms. The van der Waals surface area contributed by atoms with E-state index in [0.29, 0.717) is 18.9 Å². The van der Waals surface area contributed by atoms with Crippen LogP contribution < -0.4 is 10.6 Å². The van der Waals surface area contributed by atoms with E-state index >= 15 is 0 Å². The van der Waals surface area contributed by atoms with Crippen LogP contribution in [0.3, 0.4) is 0 Å². The summed E-state index contributed by atoms with van der Waals surface area (Å²) in [5.41, 5.74) is 1.34. The van der Waals surface area contributed by atoms with Crippen molar-refractivity contribution in [3.63, 3.8) is 0 Å². The van der Waals surface area contributed by atoms with Gasteiger partial charge in [0.05, 0.1) is 0 Å². The van der Waals surface area contributed by atoms with Crippen LogP contribution in [-0.2, 0) is 16.0 Å². The highest BCUT2D eigenvalue weighted by Gasteiger charge is 2.50. The maximum absolute atomic E-state index is 13.0. The molecular weight excluding hydrogens is 338 g/mol. The molecule has 1 aromatic rings. The van der Waals surface area contributed by atoms with E-state index in [-0.39, 0.29) is 29.8 Å². The molecule has 0 radical (unpaired) electrons. The Morgan fingerprint density at radius 2 is 1.96 bits per heavy atom. The number of rotatable bonds is 6. The van der Waals surface area contributed by atoms with Crippen molar-refractivity contribution in [3.05, 3.63) is 35.9 Å². The highest BCUT2D eigenvalue weighted by Crippen LogP contribution is 2.39. The number of carbonyl (C=O) groups excluding carboxylic acids is 2. The van der Waals surface area contributed by atoms with Crippen molar-refractivity contribution in [1.82, 2.24) is 15.5 Å². The summed E-state index contributed by atoms with van der Waals surface area (Å²) in [6, 6.07) is 10.4. The fraction of sp³-hybridized carbons (Fsp3) is 0.636. The minimum atomic E-state index is -0.277. The van der Waals surface area contributed by atoms with Crippen LogP contribution in [0.1, 0.15) is 44.1 Å². The molecular formula is C22H31N3O2. The summed E-state index contributed by atoms with van der Waals surface area (Å²) in [5.74, 6) is 1.02. The summed E-state index contributed by atoms with van der Waals surface area (Å²) in [4.78, 5) is 27.6. The second-order valence-corrected chi connectivity index (χ2v) is 8.35. The molecule has 5 nitrogen and oxygen atoms in total. The first-order chi connectivity index (χ1) is 13.2. The quantitative estimate of drug-likeness (QED) is 0.755. The highest BCUT2D eigenvalue weighted by atomic mass is 16.2. The van der Waals surface area contributed by atoms with Crippen molar-refractivity contribution in [2.24, 2.45) is 11.8 Å². The lowest BCUT2D eigenvalue weighted by Gasteiger charge is -2.53. The third kappa shape index (κ3) is 4.03. The lowest BCUT2D eigenvalue weighted by Crippen LogP contribution is -2.68. The van der Waals surface area contributed by atoms with Gasteiger partial charge in [0.25, 0.3) is 0 Å². The first kappa shape index (κ1) is 18.5. The van der Waals surface area contributed by atoms with Gasteiger partial charge in [0, 0.05) is 31.5 Å². The molecule has 0 aromatic heterocycles. The largest absolute Gasteiger partial charge is 0.354 e. The Bertz CT molecular complexity index is 663. The lowest BCUT2D eigenvalue weighted by atomic mass is 9.72. The number of aryl methyl sites for hydroxylation is 1. The topological polar surface area (TPSA) is 61.4 Å². The van der Waals surface area contributed by atoms with Crippen molar-refractivity contribution in [1.29, 1.82) is 0 Å². The van der Waals surface area contributed by atoms with Gasteiger partial charge < -0.3 is 15.5 Å². The third-order valence-electron chi connectivity index (χ3n) is 6.55. The van der Waals surface area contributed by atoms with Crippen LogP contribution in [-0.4, -0.2) is 48.4 Å². The Morgan fingerprint density at radius 3 is 2.81 bits per heavy atom. The minimum absolute atomic E-state index is 0.0575. The summed E-state index contributed by atoms with van der Waals surface area (Å²) in [7, 11) is 0. The van der Waals surface area contributed by atoms with Gasteiger partial charge in [-0.15, -0.1) is 0 Å². The Morgan fingerprint density at radius 1 is 1.15 bits per heavy atom. The monoisotopic (exact) mass is 369 g/mol. The van der Waals surface area contributed by atoms with Gasteiger partial charge in [-0.2, -0.15) is 0 Å². The molecule has 0 aliphatic carbocycles. The molecule has 5 heteroatoms. The SMILES string of the molecule is O=C(NCCCCc1ccccc1)[C@H]1[C@@H]2CNC[C@@H](C2)[C@@H]2CCCC(=O)N21. The van der Waals surface area contributed by atoms with Crippen molar-refractivity contribution in [2.75, 3.05) is 19.6 Å². The van der Waals surface area contributed by atoms with Gasteiger partial charge >= 0.3 is 0 Å². The predicted octanol–water partition coefficient (Wildman–Crippen LogP) is 2.11. The maximum atomic E-state index is 13.0. The zero-order valence-corrected chi connectivity index (χ0v) is 16.0. The molecule has 4 atom stereocenters. The number of nitrogens with one attached hydrogen (secondary N) is 2. The molecule has 0 saturated carbocycles. The van der Waals surface area contributed by atoms with Crippen molar-refractivity contribution in [3.8, 4) is 0 Å². The summed E-state index contributed by atoms with van der Waals surface area (Å²) >= 11 is 0. The standard InChI is InChI=1S/C22H31N3O2/c26-20-11-6-10-19-17-13-18(15-23-14-17)21(25(19)20)22(27)24-12-5-4-9-16-7-2-1-3-8-16/h1-3,7-8,17-19,21,23H,4-6,9-15H2,(H,24,27)/t17-,18+,19+,21-/m1/s1. The van der Waals surface area contributed by atoms with Gasteiger partial charge in [0.1, 0.15) is 6.04 Å². The Balaban J connectivity index is 1.31. The molecule has 3 saturated heterocycles. The van der Waals surface area contributed by atoms with E-state index < -0.39 is 0 Å². The number of carbonyl (C=O) groups is 2. The zero-order valence-electron chi connectivity index (χ0n) is 16.0. The Labute approximate surface area is 161 Å². The second-order valence-electron chi connectivity index (χ2n) is 8.35. The van der Waals surface area contributed by atoms with Gasteiger partial charge in [-0.05, 0) is 56.6 Å². The lowest BCUT2D eigenvalue weighted by molar-refractivity contribution is -0.157. The normalized spacial score (nSPS) is 29.9. The van der Waals surface area contributed by atoms with Gasteiger partial charge in [-0.3, -0.25) is 9.59 Å². The number of nitrogens with zero attached hydrogens (tertiary/aromatic N) is 1. The maximum Gasteiger partial charge on any atom is 0.243 e. The van der Waals surface area contributed by atoms with E-state index in [2.05, 4.69) is 34.9 Å². The predicted molar refractivity (Wildman–Crippen MR) is 105 cm³/mol. The summed E-state index contributed by atoms with van der Waals surface area (Å²) < 4.78 is 0. The smallest absolute Gasteiger partial charge is 0.243 e. The highest BCUT2D eigenvalue weighted by molar-refractivity contribution is 5.89. The molecule has 3 aliphatic rings. The second kappa shape index (κ2) is 8.42. The average molecular weight is 370 g/mol. The molecule has 4 rings (SSSR count). The summed E-state index contributed by atoms with van der Waals surface area (Å²) in [6.45, 7) is 2.52. The number of piperidine rings is 3. The molecule has 3 heterocycles. The van der Waals surface area contributed by atoms with Crippen LogP contribution in [0.15, 0.2) is 30.3 Å². The zero-order chi connectivity index (χ0) is 18.6. The fourth-order valence-electron chi connectivity index (χ4n) is 5.27. The van der Waals surface area contributed by atoms with E-state index in [4.69, 9.17) is 0 Å². The summed E-state index contributed by atoms with van der Waals surface area (Å²) in [6.07, 6.45) is 6.77. The number of unbranched alkanes of at least 4 members (excludes halogenated alkanes) is 1. The number of amides is 2. The number of hydrogen-bond acceptors (Lipinski definition) is 3. The molecule has 146 valence electrons. The van der Waals surface area contributed by atoms with Gasteiger partial charge in [0.15, 0.2) is 0 Å². The molecule has 3 fully saturated rings. The molecule has 0 unspecified atom stereocenters. The van der Waals surface area contributed by atoms with Gasteiger partial charge in [0.2, 0.25) is 11.8 Å². The number of benzene rings is 1. The molecule has 2 bridgehead atoms. The molecule has 2 amide bonds. The number of hydrogen-bond donors (Lipinski definition) is 2. The van der Waals surface area contributed by atoms with Gasteiger partial charge in [-0.1, -0.05) is 30.3 Å². The molecule has 2 N–H and O–H groups in total. The third-order valence-corrected chi connectivity index (χ3v) is 6.55. The van der Waals surface area contributed by atoms with Crippen molar-refractivity contribution >= 4 is 11.8 Å². The fourth-order valence-corrected chi connectivity index (χ4v) is 5.27. The Hall–Kier alpha value is -1.88. The van der Waals surface area contributed by atoms with Crippen LogP contribution in [0.2, 0.25) is 0 Å². The van der Waals surface area contributed by atoms with Crippen LogP contribution >= 0.6 is 0 Å². The first-order valence-corrected chi connectivity index (χ1v) is 10.6. The van der Waals surface area contributed by atoms with E-state index in [1.807, 2.05) is 11.0 Å². The molecule has 1 aromatic carbocycles. The van der Waals surface area contributed by atoms with Crippen molar-refractivity contribution in [2.45, 2.75) is 57.0 Å². The summed E-state index contributed by atoms with van der Waals surface area (Å²) in [5, 5.41) is 6.63. The average Bonchev–Trinajstić information content (AvgIpc) is 2.70. The Kier molecular flexibility index (Phi) is 5.77. The van der Waals surface area contributed by atoms with E-state index in [1.165, 1.54) is 5.56 Å². The van der Waals surface area contributed by atoms with Crippen LogP contribution in [0.5, 0.6) is 0 Å². The van der Waals surface area contributed by atoms with E-state index in [1.54, 1.807) is 0 Å². The van der Waals surface area contributed by atoms with Crippen molar-refractivity contribution < 1.29 is 9.59 Å². The minimum Gasteiger partial charge on any atom is -0.354 e. The molecule has 0 spiro atoms. The first-order valence-electron chi connectivity index (χ1n) is 10.6. The van der Waals surface area contributed by atoms with Crippen LogP contribution in [0.4, 0.5) is 0 Å². The van der Waals surface area contributed by atoms with E-state index in [9.17, 15) is 9.59 Å². The van der Waals surface area contributed by atoms with E-state index in [0.717, 1.165) is 51.6 Å².